The number of benzene rings is 1. The summed E-state index contributed by atoms with van der Waals surface area (Å²) in [5, 5.41) is 13.1. The molecule has 1 N–H and O–H groups in total. The van der Waals surface area contributed by atoms with Crippen LogP contribution in [-0.4, -0.2) is 30.7 Å². The van der Waals surface area contributed by atoms with Crippen LogP contribution in [0.4, 0.5) is 0 Å². The third-order valence-electron chi connectivity index (χ3n) is 2.59. The quantitative estimate of drug-likeness (QED) is 0.783. The van der Waals surface area contributed by atoms with Crippen molar-refractivity contribution in [3.05, 3.63) is 46.8 Å². The maximum atomic E-state index is 11.1. The Morgan fingerprint density at radius 3 is 2.89 bits per heavy atom. The van der Waals surface area contributed by atoms with Crippen LogP contribution in [0, 0.1) is 0 Å². The van der Waals surface area contributed by atoms with E-state index in [0.717, 1.165) is 10.0 Å². The summed E-state index contributed by atoms with van der Waals surface area (Å²) in [5.41, 5.74) is 1.39. The summed E-state index contributed by atoms with van der Waals surface area (Å²) >= 11 is 3.38. The first kappa shape index (κ1) is 11.8. The van der Waals surface area contributed by atoms with E-state index in [4.69, 9.17) is 5.11 Å². The Morgan fingerprint density at radius 2 is 2.16 bits per heavy atom. The van der Waals surface area contributed by atoms with Gasteiger partial charge in [-0.1, -0.05) is 28.1 Å². The van der Waals surface area contributed by atoms with Gasteiger partial charge in [-0.25, -0.2) is 9.78 Å². The predicted molar refractivity (Wildman–Crippen MR) is 70.9 cm³/mol. The predicted octanol–water partition coefficient (Wildman–Crippen LogP) is 2.25. The first-order valence-corrected chi connectivity index (χ1v) is 6.14. The number of carboxylic acids is 1. The van der Waals surface area contributed by atoms with E-state index in [-0.39, 0.29) is 11.5 Å². The zero-order valence-corrected chi connectivity index (χ0v) is 11.1. The summed E-state index contributed by atoms with van der Waals surface area (Å²) < 4.78 is 2.40. The maximum Gasteiger partial charge on any atom is 0.354 e. The third-order valence-corrected chi connectivity index (χ3v) is 3.08. The van der Waals surface area contributed by atoms with Gasteiger partial charge in [0.15, 0.2) is 5.69 Å². The number of rotatable bonds is 2. The normalized spacial score (nSPS) is 10.8. The molecule has 0 saturated heterocycles. The average molecular weight is 319 g/mol. The highest BCUT2D eigenvalue weighted by Crippen LogP contribution is 2.23. The lowest BCUT2D eigenvalue weighted by Gasteiger charge is -2.05. The minimum absolute atomic E-state index is 0.0597. The van der Waals surface area contributed by atoms with Crippen LogP contribution in [-0.2, 0) is 0 Å². The zero-order valence-electron chi connectivity index (χ0n) is 9.49. The molecule has 0 aliphatic heterocycles. The summed E-state index contributed by atoms with van der Waals surface area (Å²) in [6.45, 7) is 0. The van der Waals surface area contributed by atoms with Gasteiger partial charge in [0.2, 0.25) is 0 Å². The molecule has 0 bridgehead atoms. The van der Waals surface area contributed by atoms with Crippen molar-refractivity contribution in [1.29, 1.82) is 0 Å². The number of fused-ring (bicyclic) bond motifs is 1. The van der Waals surface area contributed by atoms with Crippen molar-refractivity contribution in [1.82, 2.24) is 19.6 Å². The molecule has 1 aromatic carbocycles. The Kier molecular flexibility index (Phi) is 2.75. The largest absolute Gasteiger partial charge is 0.477 e. The number of hydrogen-bond acceptors (Lipinski definition) is 4. The minimum atomic E-state index is -1.10. The average Bonchev–Trinajstić information content (AvgIpc) is 2.85. The molecule has 0 amide bonds. The second-order valence-electron chi connectivity index (χ2n) is 3.81. The van der Waals surface area contributed by atoms with E-state index in [0.29, 0.717) is 5.69 Å². The number of hydrogen-bond donors (Lipinski definition) is 1. The van der Waals surface area contributed by atoms with Crippen LogP contribution in [0.25, 0.3) is 17.0 Å². The molecule has 94 valence electrons. The molecular weight excluding hydrogens is 312 g/mol. The van der Waals surface area contributed by atoms with Crippen LogP contribution in [0.15, 0.2) is 41.1 Å². The van der Waals surface area contributed by atoms with Crippen molar-refractivity contribution >= 4 is 27.7 Å². The first-order chi connectivity index (χ1) is 9.15. The molecule has 3 aromatic rings. The molecule has 0 radical (unpaired) electrons. The van der Waals surface area contributed by atoms with Crippen LogP contribution < -0.4 is 0 Å². The Balaban J connectivity index is 2.32. The molecule has 2 heterocycles. The summed E-state index contributed by atoms with van der Waals surface area (Å²) in [7, 11) is 0. The first-order valence-electron chi connectivity index (χ1n) is 5.35. The number of halogens is 1. The highest BCUT2D eigenvalue weighted by molar-refractivity contribution is 9.10. The van der Waals surface area contributed by atoms with Crippen molar-refractivity contribution in [3.63, 3.8) is 0 Å². The SMILES string of the molecule is O=C(O)c1cc(-c2cccc(Br)c2)n2ncnc2n1. The van der Waals surface area contributed by atoms with Crippen molar-refractivity contribution in [2.75, 3.05) is 0 Å². The minimum Gasteiger partial charge on any atom is -0.477 e. The molecule has 0 fully saturated rings. The molecule has 3 rings (SSSR count). The van der Waals surface area contributed by atoms with Crippen LogP contribution in [0.1, 0.15) is 10.5 Å². The summed E-state index contributed by atoms with van der Waals surface area (Å²) in [6.07, 6.45) is 1.34. The van der Waals surface area contributed by atoms with Gasteiger partial charge in [-0.15, -0.1) is 0 Å². The Bertz CT molecular complexity index is 784. The van der Waals surface area contributed by atoms with Crippen molar-refractivity contribution in [2.24, 2.45) is 0 Å². The topological polar surface area (TPSA) is 80.4 Å². The fourth-order valence-electron chi connectivity index (χ4n) is 1.78. The zero-order chi connectivity index (χ0) is 13.4. The fraction of sp³-hybridized carbons (Fsp3) is 0. The number of carboxylic acid groups (broad SMARTS) is 1. The number of aromatic nitrogens is 4. The van der Waals surface area contributed by atoms with Gasteiger partial charge in [0.1, 0.15) is 6.33 Å². The highest BCUT2D eigenvalue weighted by Gasteiger charge is 2.13. The van der Waals surface area contributed by atoms with Crippen LogP contribution >= 0.6 is 15.9 Å². The van der Waals surface area contributed by atoms with Crippen molar-refractivity contribution in [2.45, 2.75) is 0 Å². The van der Waals surface area contributed by atoms with Gasteiger partial charge in [-0.05, 0) is 18.2 Å². The van der Waals surface area contributed by atoms with E-state index in [1.165, 1.54) is 16.9 Å². The highest BCUT2D eigenvalue weighted by atomic mass is 79.9. The van der Waals surface area contributed by atoms with Crippen molar-refractivity contribution in [3.8, 4) is 11.3 Å². The van der Waals surface area contributed by atoms with Crippen LogP contribution in [0.2, 0.25) is 0 Å². The molecule has 7 heteroatoms. The van der Waals surface area contributed by atoms with Gasteiger partial charge >= 0.3 is 5.97 Å². The second kappa shape index (κ2) is 4.43. The standard InChI is InChI=1S/C12H7BrN4O2/c13-8-3-1-2-7(4-8)10-5-9(11(18)19)16-12-14-6-15-17(10)12/h1-6H,(H,18,19). The monoisotopic (exact) mass is 318 g/mol. The molecular formula is C12H7BrN4O2. The van der Waals surface area contributed by atoms with Crippen molar-refractivity contribution < 1.29 is 9.90 Å². The fourth-order valence-corrected chi connectivity index (χ4v) is 2.17. The molecule has 0 aliphatic carbocycles. The molecule has 0 unspecified atom stereocenters. The van der Waals surface area contributed by atoms with E-state index in [9.17, 15) is 4.79 Å². The lowest BCUT2D eigenvalue weighted by molar-refractivity contribution is 0.0690. The van der Waals surface area contributed by atoms with E-state index in [1.54, 1.807) is 0 Å². The molecule has 0 spiro atoms. The van der Waals surface area contributed by atoms with Crippen LogP contribution in [0.5, 0.6) is 0 Å². The number of carbonyl (C=O) groups is 1. The number of aromatic carboxylic acids is 1. The van der Waals surface area contributed by atoms with Gasteiger partial charge in [0, 0.05) is 10.0 Å². The van der Waals surface area contributed by atoms with Gasteiger partial charge < -0.3 is 5.11 Å². The second-order valence-corrected chi connectivity index (χ2v) is 4.73. The summed E-state index contributed by atoms with van der Waals surface area (Å²) in [5.74, 6) is -0.836. The van der Waals surface area contributed by atoms with E-state index in [1.807, 2.05) is 24.3 Å². The Morgan fingerprint density at radius 1 is 1.32 bits per heavy atom. The van der Waals surface area contributed by atoms with E-state index >= 15 is 0 Å². The van der Waals surface area contributed by atoms with Crippen LogP contribution in [0.3, 0.4) is 0 Å². The van der Waals surface area contributed by atoms with E-state index < -0.39 is 5.97 Å². The van der Waals surface area contributed by atoms with Gasteiger partial charge in [-0.3, -0.25) is 0 Å². The third kappa shape index (κ3) is 2.08. The molecule has 0 saturated carbocycles. The summed E-state index contributed by atoms with van der Waals surface area (Å²) in [6, 6.07) is 8.98. The number of nitrogens with zero attached hydrogens (tertiary/aromatic N) is 4. The smallest absolute Gasteiger partial charge is 0.354 e. The van der Waals surface area contributed by atoms with Gasteiger partial charge in [0.25, 0.3) is 5.78 Å². The molecule has 2 aromatic heterocycles. The maximum absolute atomic E-state index is 11.1. The van der Waals surface area contributed by atoms with Gasteiger partial charge in [-0.2, -0.15) is 14.6 Å². The molecule has 0 aliphatic rings. The molecule has 0 atom stereocenters. The Labute approximate surface area is 115 Å². The Hall–Kier alpha value is -2.28. The lowest BCUT2D eigenvalue weighted by atomic mass is 10.1. The van der Waals surface area contributed by atoms with Gasteiger partial charge in [0.05, 0.1) is 5.69 Å². The van der Waals surface area contributed by atoms with E-state index in [2.05, 4.69) is 31.0 Å². The molecule has 19 heavy (non-hydrogen) atoms. The lowest BCUT2D eigenvalue weighted by Crippen LogP contribution is -2.05. The molecule has 6 nitrogen and oxygen atoms in total. The summed E-state index contributed by atoms with van der Waals surface area (Å²) in [4.78, 5) is 18.9.